The zero-order chi connectivity index (χ0) is 42.7. The third kappa shape index (κ3) is 7.89. The first-order chi connectivity index (χ1) is 30.0. The van der Waals surface area contributed by atoms with Crippen molar-refractivity contribution in [2.45, 2.75) is 88.8 Å². The molecule has 5 aliphatic heterocycles. The van der Waals surface area contributed by atoms with Crippen molar-refractivity contribution in [3.63, 3.8) is 0 Å². The van der Waals surface area contributed by atoms with Gasteiger partial charge in [-0.2, -0.15) is 10.2 Å². The van der Waals surface area contributed by atoms with E-state index in [0.29, 0.717) is 47.5 Å². The van der Waals surface area contributed by atoms with E-state index in [2.05, 4.69) is 30.6 Å². The van der Waals surface area contributed by atoms with Gasteiger partial charge in [-0.05, 0) is 93.4 Å². The monoisotopic (exact) mass is 873 g/mol. The minimum atomic E-state index is -2.86. The molecule has 5 amide bonds. The van der Waals surface area contributed by atoms with Gasteiger partial charge in [-0.25, -0.2) is 23.1 Å². The van der Waals surface area contributed by atoms with Gasteiger partial charge in [-0.3, -0.25) is 29.3 Å². The standard InChI is InChI=1S/C43H50ClF2N11O5/c44-32-2-1-27(19-34(32)54-15-8-36(58)50-42(54)61)41(60)53-17-11-43(12-18-53)9-3-26(4-10-43)22-52-13-5-28(6-14-52)57-24-33(37(51-57)38(45)46)48-40(59)31-21-47-56-16-7-35(49-39(31)56)55-23-30-20-29(55)25-62-30/h1-2,7,16,19,21,24,26,28-30,38H,3-6,8-15,17-18,20,22-23,25H2,(H,48,59)(H,50,58,61)/t29-,30?/m1/s1. The highest BCUT2D eigenvalue weighted by Crippen LogP contribution is 2.47. The normalized spacial score (nSPS) is 23.6. The van der Waals surface area contributed by atoms with Crippen molar-refractivity contribution in [1.29, 1.82) is 0 Å². The van der Waals surface area contributed by atoms with Crippen molar-refractivity contribution in [2.75, 3.05) is 67.5 Å². The van der Waals surface area contributed by atoms with Crippen LogP contribution < -0.4 is 20.4 Å². The number of aromatic nitrogens is 5. The van der Waals surface area contributed by atoms with Crippen molar-refractivity contribution < 1.29 is 32.7 Å². The van der Waals surface area contributed by atoms with Gasteiger partial charge in [0.1, 0.15) is 11.4 Å². The third-order valence-electron chi connectivity index (χ3n) is 14.3. The summed E-state index contributed by atoms with van der Waals surface area (Å²) in [7, 11) is 0. The average molecular weight is 874 g/mol. The van der Waals surface area contributed by atoms with Gasteiger partial charge in [0, 0.05) is 70.2 Å². The van der Waals surface area contributed by atoms with Gasteiger partial charge in [0.15, 0.2) is 11.3 Å². The second-order valence-electron chi connectivity index (χ2n) is 18.0. The number of hydrogen-bond donors (Lipinski definition) is 2. The van der Waals surface area contributed by atoms with Crippen LogP contribution in [0.25, 0.3) is 5.65 Å². The lowest BCUT2D eigenvalue weighted by atomic mass is 9.65. The molecule has 328 valence electrons. The number of ether oxygens (including phenoxy) is 1. The molecular formula is C43H50ClF2N11O5. The summed E-state index contributed by atoms with van der Waals surface area (Å²) in [6, 6.07) is 6.48. The lowest BCUT2D eigenvalue weighted by molar-refractivity contribution is -0.120. The number of carbonyl (C=O) groups excluding carboxylic acids is 4. The van der Waals surface area contributed by atoms with Gasteiger partial charge >= 0.3 is 6.03 Å². The molecule has 10 rings (SSSR count). The summed E-state index contributed by atoms with van der Waals surface area (Å²) >= 11 is 6.42. The third-order valence-corrected chi connectivity index (χ3v) is 14.6. The van der Waals surface area contributed by atoms with Gasteiger partial charge < -0.3 is 24.8 Å². The number of halogens is 3. The fourth-order valence-corrected chi connectivity index (χ4v) is 10.8. The van der Waals surface area contributed by atoms with Crippen LogP contribution in [0.4, 0.5) is 30.8 Å². The van der Waals surface area contributed by atoms with Crippen LogP contribution in [0.2, 0.25) is 5.02 Å². The molecule has 1 spiro atoms. The molecule has 6 aliphatic rings. The number of anilines is 3. The maximum atomic E-state index is 14.3. The summed E-state index contributed by atoms with van der Waals surface area (Å²) in [5.41, 5.74) is 1.21. The number of hydrogen-bond acceptors (Lipinski definition) is 10. The van der Waals surface area contributed by atoms with Crippen molar-refractivity contribution in [1.82, 2.24) is 39.5 Å². The highest BCUT2D eigenvalue weighted by molar-refractivity contribution is 6.34. The van der Waals surface area contributed by atoms with E-state index in [1.54, 1.807) is 29.1 Å². The molecule has 1 aliphatic carbocycles. The SMILES string of the molecule is O=C1CCN(c2cc(C(=O)N3CCC4(CCC(CN5CCC(n6cc(NC(=O)c7cnn8ccc(N9CC%10C[C@@H]9CO%10)nc78)c(C(F)F)n6)CC5)CC4)CC3)ccc2Cl)C(=O)N1. The summed E-state index contributed by atoms with van der Waals surface area (Å²) in [6.45, 7) is 5.61. The molecule has 6 fully saturated rings. The zero-order valence-electron chi connectivity index (χ0n) is 34.4. The first-order valence-corrected chi connectivity index (χ1v) is 22.2. The Morgan fingerprint density at radius 2 is 1.79 bits per heavy atom. The van der Waals surface area contributed by atoms with Gasteiger partial charge in [0.2, 0.25) is 5.91 Å². The molecule has 5 saturated heterocycles. The quantitative estimate of drug-likeness (QED) is 0.206. The first-order valence-electron chi connectivity index (χ1n) is 21.8. The Bertz CT molecular complexity index is 2380. The predicted octanol–water partition coefficient (Wildman–Crippen LogP) is 5.94. The van der Waals surface area contributed by atoms with Gasteiger partial charge in [-0.1, -0.05) is 11.6 Å². The molecule has 1 unspecified atom stereocenters. The summed E-state index contributed by atoms with van der Waals surface area (Å²) < 4.78 is 37.5. The van der Waals surface area contributed by atoms with E-state index in [1.807, 2.05) is 11.0 Å². The second kappa shape index (κ2) is 16.5. The molecule has 1 saturated carbocycles. The summed E-state index contributed by atoms with van der Waals surface area (Å²) in [5, 5.41) is 13.9. The molecule has 2 N–H and O–H groups in total. The fraction of sp³-hybridized carbons (Fsp3) is 0.558. The topological polar surface area (TPSA) is 163 Å². The number of piperidine rings is 2. The molecule has 16 nitrogen and oxygen atoms in total. The van der Waals surface area contributed by atoms with Gasteiger partial charge in [0.05, 0.1) is 47.4 Å². The maximum absolute atomic E-state index is 14.3. The van der Waals surface area contributed by atoms with E-state index in [-0.39, 0.29) is 59.6 Å². The Kier molecular flexibility index (Phi) is 10.9. The average Bonchev–Trinajstić information content (AvgIpc) is 4.10. The molecule has 8 heterocycles. The van der Waals surface area contributed by atoms with E-state index >= 15 is 0 Å². The lowest BCUT2D eigenvalue weighted by Crippen LogP contribution is -2.49. The van der Waals surface area contributed by atoms with Crippen LogP contribution in [0.1, 0.15) is 103 Å². The molecule has 4 aromatic rings. The van der Waals surface area contributed by atoms with Gasteiger partial charge in [-0.15, -0.1) is 0 Å². The lowest BCUT2D eigenvalue weighted by Gasteiger charge is -2.47. The van der Waals surface area contributed by atoms with E-state index in [9.17, 15) is 28.0 Å². The number of nitrogens with one attached hydrogen (secondary N) is 2. The zero-order valence-corrected chi connectivity index (χ0v) is 35.1. The number of morpholine rings is 1. The number of likely N-dealkylation sites (tertiary alicyclic amines) is 2. The summed E-state index contributed by atoms with van der Waals surface area (Å²) in [6.07, 6.45) is 11.1. The molecule has 19 heteroatoms. The van der Waals surface area contributed by atoms with Crippen LogP contribution in [-0.4, -0.2) is 122 Å². The first kappa shape index (κ1) is 40.8. The molecule has 2 atom stereocenters. The minimum Gasteiger partial charge on any atom is -0.374 e. The van der Waals surface area contributed by atoms with Crippen LogP contribution in [0.3, 0.4) is 0 Å². The second-order valence-corrected chi connectivity index (χ2v) is 18.4. The van der Waals surface area contributed by atoms with E-state index < -0.39 is 24.1 Å². The van der Waals surface area contributed by atoms with Crippen LogP contribution >= 0.6 is 11.6 Å². The number of alkyl halides is 2. The molecule has 62 heavy (non-hydrogen) atoms. The van der Waals surface area contributed by atoms with Crippen molar-refractivity contribution in [2.24, 2.45) is 11.3 Å². The number of amides is 5. The maximum Gasteiger partial charge on any atom is 0.328 e. The van der Waals surface area contributed by atoms with Crippen LogP contribution in [0.15, 0.2) is 42.9 Å². The summed E-state index contributed by atoms with van der Waals surface area (Å²) in [5.74, 6) is 0.322. The number of imide groups is 1. The molecule has 1 aromatic carbocycles. The number of nitrogens with zero attached hydrogens (tertiary/aromatic N) is 9. The Morgan fingerprint density at radius 3 is 2.50 bits per heavy atom. The summed E-state index contributed by atoms with van der Waals surface area (Å²) in [4.78, 5) is 64.0. The van der Waals surface area contributed by atoms with Crippen molar-refractivity contribution in [3.05, 3.63) is 64.7 Å². The molecule has 2 bridgehead atoms. The Labute approximate surface area is 361 Å². The minimum absolute atomic E-state index is 0.00892. The van der Waals surface area contributed by atoms with E-state index in [1.165, 1.54) is 21.8 Å². The van der Waals surface area contributed by atoms with Crippen molar-refractivity contribution in [3.8, 4) is 0 Å². The predicted molar refractivity (Wildman–Crippen MR) is 225 cm³/mol. The highest BCUT2D eigenvalue weighted by atomic mass is 35.5. The number of benzene rings is 1. The fourth-order valence-electron chi connectivity index (χ4n) is 10.6. The van der Waals surface area contributed by atoms with Crippen LogP contribution in [0.5, 0.6) is 0 Å². The van der Waals surface area contributed by atoms with Crippen LogP contribution in [0, 0.1) is 11.3 Å². The van der Waals surface area contributed by atoms with E-state index in [0.717, 1.165) is 89.8 Å². The Morgan fingerprint density at radius 1 is 1.00 bits per heavy atom. The highest BCUT2D eigenvalue weighted by Gasteiger charge is 2.41. The molecular weight excluding hydrogens is 824 g/mol. The van der Waals surface area contributed by atoms with Crippen molar-refractivity contribution >= 4 is 58.2 Å². The number of urea groups is 1. The molecule has 3 aromatic heterocycles. The molecule has 0 radical (unpaired) electrons. The van der Waals surface area contributed by atoms with Crippen LogP contribution in [-0.2, 0) is 9.53 Å². The Hall–Kier alpha value is -5.20. The Balaban J connectivity index is 0.701. The number of carbonyl (C=O) groups is 4. The smallest absolute Gasteiger partial charge is 0.328 e. The van der Waals surface area contributed by atoms with E-state index in [4.69, 9.17) is 21.3 Å². The largest absolute Gasteiger partial charge is 0.374 e. The van der Waals surface area contributed by atoms with Gasteiger partial charge in [0.25, 0.3) is 18.2 Å². The number of rotatable bonds is 9. The number of fused-ring (bicyclic) bond motifs is 3.